The number of phosphoric acid groups is 12. The Bertz CT molecular complexity index is 1030. The van der Waals surface area contributed by atoms with E-state index in [1.165, 1.54) is 0 Å². The zero-order chi connectivity index (χ0) is 54.0. The fraction of sp³-hybridized carbons (Fsp3) is 0. The lowest BCUT2D eigenvalue weighted by atomic mass is 15.8. The Hall–Kier alpha value is 1.32. The first-order valence-corrected chi connectivity index (χ1v) is 28.2. The smallest absolute Gasteiger partial charge is 0.303 e. The molecular formula is H36O48P12. The molecule has 0 heterocycles. The zero-order valence-corrected chi connectivity index (χ0v) is 37.1. The molecule has 36 N–H and O–H groups in total. The van der Waals surface area contributed by atoms with Gasteiger partial charge in [-0.15, -0.1) is 0 Å². The maximum absolute atomic E-state index is 8.88. The first-order valence-electron chi connectivity index (χ1n) is 9.39. The highest BCUT2D eigenvalue weighted by Crippen LogP contribution is 2.30. The van der Waals surface area contributed by atoms with Gasteiger partial charge in [-0.1, -0.05) is 0 Å². The van der Waals surface area contributed by atoms with Crippen LogP contribution in [0.4, 0.5) is 0 Å². The predicted molar refractivity (Wildman–Crippen MR) is 171 cm³/mol. The van der Waals surface area contributed by atoms with Crippen LogP contribution in [-0.2, 0) is 54.8 Å². The second-order valence-electron chi connectivity index (χ2n) is 6.16. The average molecular weight is 1180 g/mol. The molecule has 48 nitrogen and oxygen atoms in total. The van der Waals surface area contributed by atoms with Crippen molar-refractivity contribution in [3.05, 3.63) is 0 Å². The molecule has 60 heteroatoms. The molecule has 60 heavy (non-hydrogen) atoms. The van der Waals surface area contributed by atoms with E-state index < -0.39 is 93.9 Å². The monoisotopic (exact) mass is 1180 g/mol. The molecule has 0 aliphatic rings. The molecule has 0 spiro atoms. The molecule has 0 unspecified atom stereocenters. The summed E-state index contributed by atoms with van der Waals surface area (Å²) >= 11 is 0. The molecule has 0 radical (unpaired) electrons. The quantitative estimate of drug-likeness (QED) is 0.100. The Kier molecular flexibility index (Phi) is 60.4. The third kappa shape index (κ3) is 116000. The summed E-state index contributed by atoms with van der Waals surface area (Å²) in [5.41, 5.74) is 0. The lowest BCUT2D eigenvalue weighted by Gasteiger charge is -1.82. The van der Waals surface area contributed by atoms with E-state index in [4.69, 9.17) is 231 Å². The highest BCUT2D eigenvalue weighted by molar-refractivity contribution is 7.47. The van der Waals surface area contributed by atoms with E-state index in [1.54, 1.807) is 0 Å². The molecule has 0 aromatic carbocycles. The molecule has 0 aliphatic heterocycles. The van der Waals surface area contributed by atoms with E-state index in [0.717, 1.165) is 0 Å². The Morgan fingerprint density at radius 2 is 0.100 bits per heavy atom. The average Bonchev–Trinajstić information content (AvgIpc) is 2.48. The van der Waals surface area contributed by atoms with Crippen LogP contribution in [0.3, 0.4) is 0 Å². The van der Waals surface area contributed by atoms with Gasteiger partial charge in [-0.25, -0.2) is 54.8 Å². The highest BCUT2D eigenvalue weighted by atomic mass is 31.2. The summed E-state index contributed by atoms with van der Waals surface area (Å²) in [7, 11) is -55.7. The molecule has 0 bridgehead atoms. The third-order valence-corrected chi connectivity index (χ3v) is 0. The molecule has 0 aromatic rings. The van der Waals surface area contributed by atoms with Crippen LogP contribution in [0.2, 0.25) is 0 Å². The molecule has 0 fully saturated rings. The normalized spacial score (nSPS) is 11.8. The van der Waals surface area contributed by atoms with E-state index in [1.807, 2.05) is 0 Å². The van der Waals surface area contributed by atoms with Gasteiger partial charge >= 0.3 is 93.9 Å². The van der Waals surface area contributed by atoms with Crippen molar-refractivity contribution in [2.45, 2.75) is 0 Å². The number of hydrogen-bond acceptors (Lipinski definition) is 12. The van der Waals surface area contributed by atoms with E-state index in [0.29, 0.717) is 0 Å². The van der Waals surface area contributed by atoms with Crippen molar-refractivity contribution in [1.82, 2.24) is 0 Å². The SMILES string of the molecule is O=P(O)(O)O.O=P(O)(O)O.O=P(O)(O)O.O=P(O)(O)O.O=P(O)(O)O.O=P(O)(O)O.O=P(O)(O)O.O=P(O)(O)O.O=P(O)(O)O.O=P(O)(O)O.O=P(O)(O)O.O=P(O)(O)O. The molecule has 0 rings (SSSR count). The van der Waals surface area contributed by atoms with Gasteiger partial charge < -0.3 is 176 Å². The van der Waals surface area contributed by atoms with Crippen molar-refractivity contribution in [3.63, 3.8) is 0 Å². The molecule has 0 saturated carbocycles. The first kappa shape index (κ1) is 91.7. The van der Waals surface area contributed by atoms with E-state index in [-0.39, 0.29) is 0 Å². The van der Waals surface area contributed by atoms with Crippen LogP contribution in [0.25, 0.3) is 0 Å². The molecule has 0 aliphatic carbocycles. The van der Waals surface area contributed by atoms with Crippen molar-refractivity contribution >= 4 is 93.9 Å². The maximum atomic E-state index is 8.88. The highest BCUT2D eigenvalue weighted by Gasteiger charge is 2.04. The second-order valence-corrected chi connectivity index (χ2v) is 18.5. The van der Waals surface area contributed by atoms with Crippen LogP contribution in [0.15, 0.2) is 0 Å². The van der Waals surface area contributed by atoms with Crippen molar-refractivity contribution < 1.29 is 231 Å². The largest absolute Gasteiger partial charge is 0.466 e. The van der Waals surface area contributed by atoms with Crippen LogP contribution in [0, 0.1) is 0 Å². The first-order chi connectivity index (χ1) is 24.0. The van der Waals surface area contributed by atoms with Crippen LogP contribution in [-0.4, -0.2) is 176 Å². The zero-order valence-electron chi connectivity index (χ0n) is 26.4. The maximum Gasteiger partial charge on any atom is 0.466 e. The van der Waals surface area contributed by atoms with Crippen LogP contribution in [0.5, 0.6) is 0 Å². The summed E-state index contributed by atoms with van der Waals surface area (Å²) in [6, 6.07) is 0. The summed E-state index contributed by atoms with van der Waals surface area (Å²) < 4.78 is 107. The molecule has 0 amide bonds. The van der Waals surface area contributed by atoms with E-state index >= 15 is 0 Å². The minimum absolute atomic E-state index is 4.64. The van der Waals surface area contributed by atoms with Gasteiger partial charge in [0.1, 0.15) is 0 Å². The summed E-state index contributed by atoms with van der Waals surface area (Å²) in [5.74, 6) is 0. The van der Waals surface area contributed by atoms with Crippen molar-refractivity contribution in [1.29, 1.82) is 0 Å². The van der Waals surface area contributed by atoms with Crippen LogP contribution in [0.1, 0.15) is 0 Å². The summed E-state index contributed by atoms with van der Waals surface area (Å²) in [6.45, 7) is 0. The number of hydrogen-bond donors (Lipinski definition) is 36. The Morgan fingerprint density at radius 1 is 0.100 bits per heavy atom. The van der Waals surface area contributed by atoms with Gasteiger partial charge in [0, 0.05) is 0 Å². The standard InChI is InChI=1S/12H3O4P/c12*1-5(2,3)4/h12*(H3,1,2,3,4). The van der Waals surface area contributed by atoms with Gasteiger partial charge in [-0.3, -0.25) is 0 Å². The van der Waals surface area contributed by atoms with Crippen LogP contribution >= 0.6 is 93.9 Å². The van der Waals surface area contributed by atoms with Gasteiger partial charge in [0.05, 0.1) is 0 Å². The van der Waals surface area contributed by atoms with Crippen LogP contribution < -0.4 is 0 Å². The minimum Gasteiger partial charge on any atom is -0.303 e. The van der Waals surface area contributed by atoms with Crippen molar-refractivity contribution in [2.75, 3.05) is 0 Å². The van der Waals surface area contributed by atoms with E-state index in [9.17, 15) is 0 Å². The molecular weight excluding hydrogens is 1140 g/mol. The van der Waals surface area contributed by atoms with Gasteiger partial charge in [0.25, 0.3) is 0 Å². The summed E-state index contributed by atoms with van der Waals surface area (Å²) in [5, 5.41) is 0. The lowest BCUT2D eigenvalue weighted by Crippen LogP contribution is -1.66. The Balaban J connectivity index is -0.0000000419. The minimum atomic E-state index is -4.64. The molecule has 0 aromatic heterocycles. The van der Waals surface area contributed by atoms with E-state index in [2.05, 4.69) is 0 Å². The van der Waals surface area contributed by atoms with Gasteiger partial charge in [-0.2, -0.15) is 0 Å². The summed E-state index contributed by atoms with van der Waals surface area (Å²) in [4.78, 5) is 259. The number of rotatable bonds is 0. The molecule has 384 valence electrons. The fourth-order valence-corrected chi connectivity index (χ4v) is 0. The van der Waals surface area contributed by atoms with Crippen molar-refractivity contribution in [3.8, 4) is 0 Å². The van der Waals surface area contributed by atoms with Gasteiger partial charge in [0.15, 0.2) is 0 Å². The van der Waals surface area contributed by atoms with Gasteiger partial charge in [0.2, 0.25) is 0 Å². The topological polar surface area (TPSA) is 933 Å². The van der Waals surface area contributed by atoms with Gasteiger partial charge in [-0.05, 0) is 0 Å². The predicted octanol–water partition coefficient (Wildman–Crippen LogP) is -11.1. The third-order valence-electron chi connectivity index (χ3n) is 0. The lowest BCUT2D eigenvalue weighted by molar-refractivity contribution is 0.272. The molecule has 0 saturated heterocycles. The Labute approximate surface area is 325 Å². The second kappa shape index (κ2) is 39.5. The summed E-state index contributed by atoms with van der Waals surface area (Å²) in [6.07, 6.45) is 0. The van der Waals surface area contributed by atoms with Crippen molar-refractivity contribution in [2.24, 2.45) is 0 Å². The Morgan fingerprint density at radius 3 is 0.100 bits per heavy atom. The molecule has 0 atom stereocenters. The fourth-order valence-electron chi connectivity index (χ4n) is 0.